The lowest BCUT2D eigenvalue weighted by Gasteiger charge is -2.24. The average molecular weight is 241 g/mol. The first-order chi connectivity index (χ1) is 7.69. The smallest absolute Gasteiger partial charge is 0.0741 e. The molecule has 0 fully saturated rings. The molecule has 0 spiro atoms. The molecule has 0 aliphatic carbocycles. The Morgan fingerprint density at radius 3 is 2.69 bits per heavy atom. The van der Waals surface area contributed by atoms with E-state index in [1.54, 1.807) is 11.3 Å². The fourth-order valence-electron chi connectivity index (χ4n) is 1.84. The molecule has 0 aliphatic heterocycles. The Morgan fingerprint density at radius 2 is 2.19 bits per heavy atom. The normalized spacial score (nSPS) is 15.0. The minimum Gasteiger partial charge on any atom is -0.377 e. The van der Waals surface area contributed by atoms with Crippen LogP contribution in [0.3, 0.4) is 0 Å². The van der Waals surface area contributed by atoms with E-state index in [1.807, 2.05) is 6.92 Å². The highest BCUT2D eigenvalue weighted by Crippen LogP contribution is 2.24. The Bertz CT molecular complexity index is 298. The van der Waals surface area contributed by atoms with Gasteiger partial charge in [0, 0.05) is 11.5 Å². The van der Waals surface area contributed by atoms with Crippen molar-refractivity contribution in [3.05, 3.63) is 21.9 Å². The molecule has 0 aliphatic rings. The third kappa shape index (κ3) is 3.89. The third-order valence-electron chi connectivity index (χ3n) is 2.62. The first-order valence-electron chi connectivity index (χ1n) is 6.09. The van der Waals surface area contributed by atoms with E-state index < -0.39 is 0 Å². The Hall–Kier alpha value is -0.380. The van der Waals surface area contributed by atoms with Gasteiger partial charge in [0.15, 0.2) is 0 Å². The van der Waals surface area contributed by atoms with Gasteiger partial charge in [0.05, 0.1) is 12.1 Å². The molecule has 0 aromatic carbocycles. The number of hydrogen-bond donors (Lipinski definition) is 1. The van der Waals surface area contributed by atoms with Crippen LogP contribution in [0.25, 0.3) is 0 Å². The summed E-state index contributed by atoms with van der Waals surface area (Å²) in [5.74, 6) is 0. The number of hydrogen-bond acceptors (Lipinski definition) is 3. The van der Waals surface area contributed by atoms with Gasteiger partial charge in [-0.25, -0.2) is 0 Å². The van der Waals surface area contributed by atoms with Gasteiger partial charge in [-0.3, -0.25) is 0 Å². The van der Waals surface area contributed by atoms with Gasteiger partial charge in [-0.15, -0.1) is 11.3 Å². The summed E-state index contributed by atoms with van der Waals surface area (Å²) in [4.78, 5) is 1.36. The van der Waals surface area contributed by atoms with Gasteiger partial charge in [0.1, 0.15) is 0 Å². The second-order valence-corrected chi connectivity index (χ2v) is 5.20. The highest BCUT2D eigenvalue weighted by atomic mass is 32.1. The second kappa shape index (κ2) is 7.05. The van der Waals surface area contributed by atoms with Crippen molar-refractivity contribution in [3.63, 3.8) is 0 Å². The average Bonchev–Trinajstić information content (AvgIpc) is 2.66. The van der Waals surface area contributed by atoms with Gasteiger partial charge in [0.25, 0.3) is 0 Å². The maximum atomic E-state index is 5.71. The first kappa shape index (κ1) is 13.7. The van der Waals surface area contributed by atoms with Gasteiger partial charge in [-0.05, 0) is 50.7 Å². The van der Waals surface area contributed by atoms with Gasteiger partial charge in [-0.1, -0.05) is 6.92 Å². The van der Waals surface area contributed by atoms with Gasteiger partial charge in [-0.2, -0.15) is 0 Å². The van der Waals surface area contributed by atoms with Crippen LogP contribution in [0, 0.1) is 6.92 Å². The molecule has 2 nitrogen and oxygen atoms in total. The quantitative estimate of drug-likeness (QED) is 0.788. The molecule has 92 valence electrons. The van der Waals surface area contributed by atoms with Crippen LogP contribution >= 0.6 is 11.3 Å². The standard InChI is InChI=1S/C13H23NOS/c1-5-7-14-13(11(4)15-6-2)12-8-10(3)16-9-12/h8-9,11,13-14H,5-7H2,1-4H3. The number of thiophene rings is 1. The van der Waals surface area contributed by atoms with Crippen molar-refractivity contribution in [2.75, 3.05) is 13.2 Å². The molecule has 1 heterocycles. The summed E-state index contributed by atoms with van der Waals surface area (Å²) >= 11 is 1.81. The zero-order valence-corrected chi connectivity index (χ0v) is 11.6. The molecular formula is C13H23NOS. The van der Waals surface area contributed by atoms with Crippen LogP contribution in [0.1, 0.15) is 43.7 Å². The van der Waals surface area contributed by atoms with Crippen molar-refractivity contribution < 1.29 is 4.74 Å². The van der Waals surface area contributed by atoms with E-state index in [1.165, 1.54) is 10.4 Å². The van der Waals surface area contributed by atoms with Crippen molar-refractivity contribution in [3.8, 4) is 0 Å². The summed E-state index contributed by atoms with van der Waals surface area (Å²) in [5, 5.41) is 5.80. The molecule has 2 unspecified atom stereocenters. The molecule has 1 aromatic heterocycles. The molecule has 0 radical (unpaired) electrons. The van der Waals surface area contributed by atoms with Crippen LogP contribution in [-0.4, -0.2) is 19.3 Å². The van der Waals surface area contributed by atoms with E-state index in [9.17, 15) is 0 Å². The van der Waals surface area contributed by atoms with Crippen LogP contribution < -0.4 is 5.32 Å². The minimum absolute atomic E-state index is 0.227. The van der Waals surface area contributed by atoms with Crippen molar-refractivity contribution in [2.45, 2.75) is 46.3 Å². The molecule has 0 bridgehead atoms. The van der Waals surface area contributed by atoms with Crippen LogP contribution in [0.5, 0.6) is 0 Å². The zero-order chi connectivity index (χ0) is 12.0. The van der Waals surface area contributed by atoms with E-state index in [0.29, 0.717) is 6.04 Å². The van der Waals surface area contributed by atoms with E-state index in [2.05, 4.69) is 37.5 Å². The largest absolute Gasteiger partial charge is 0.377 e. The van der Waals surface area contributed by atoms with Crippen molar-refractivity contribution in [1.82, 2.24) is 5.32 Å². The number of aryl methyl sites for hydroxylation is 1. The monoisotopic (exact) mass is 241 g/mol. The molecule has 16 heavy (non-hydrogen) atoms. The lowest BCUT2D eigenvalue weighted by molar-refractivity contribution is 0.0473. The van der Waals surface area contributed by atoms with E-state index in [-0.39, 0.29) is 6.10 Å². The molecule has 2 atom stereocenters. The molecule has 3 heteroatoms. The molecule has 0 saturated carbocycles. The third-order valence-corrected chi connectivity index (χ3v) is 3.50. The van der Waals surface area contributed by atoms with Gasteiger partial charge >= 0.3 is 0 Å². The van der Waals surface area contributed by atoms with Crippen molar-refractivity contribution >= 4 is 11.3 Å². The molecule has 0 saturated heterocycles. The van der Waals surface area contributed by atoms with Crippen LogP contribution in [-0.2, 0) is 4.74 Å². The fraction of sp³-hybridized carbons (Fsp3) is 0.692. The summed E-state index contributed by atoms with van der Waals surface area (Å²) in [5.41, 5.74) is 1.36. The zero-order valence-electron chi connectivity index (χ0n) is 10.7. The topological polar surface area (TPSA) is 21.3 Å². The van der Waals surface area contributed by atoms with Gasteiger partial charge < -0.3 is 10.1 Å². The summed E-state index contributed by atoms with van der Waals surface area (Å²) < 4.78 is 5.71. The van der Waals surface area contributed by atoms with E-state index in [0.717, 1.165) is 19.6 Å². The van der Waals surface area contributed by atoms with Crippen LogP contribution in [0.15, 0.2) is 11.4 Å². The minimum atomic E-state index is 0.227. The number of rotatable bonds is 7. The molecular weight excluding hydrogens is 218 g/mol. The van der Waals surface area contributed by atoms with E-state index >= 15 is 0 Å². The summed E-state index contributed by atoms with van der Waals surface area (Å²) in [6.07, 6.45) is 1.38. The number of ether oxygens (including phenoxy) is 1. The molecule has 1 N–H and O–H groups in total. The van der Waals surface area contributed by atoms with Crippen LogP contribution in [0.4, 0.5) is 0 Å². The van der Waals surface area contributed by atoms with E-state index in [4.69, 9.17) is 4.74 Å². The lowest BCUT2D eigenvalue weighted by atomic mass is 10.1. The van der Waals surface area contributed by atoms with Crippen molar-refractivity contribution in [1.29, 1.82) is 0 Å². The Morgan fingerprint density at radius 1 is 1.44 bits per heavy atom. The second-order valence-electron chi connectivity index (χ2n) is 4.08. The fourth-order valence-corrected chi connectivity index (χ4v) is 2.58. The van der Waals surface area contributed by atoms with Gasteiger partial charge in [0.2, 0.25) is 0 Å². The summed E-state index contributed by atoms with van der Waals surface area (Å²) in [6, 6.07) is 2.58. The summed E-state index contributed by atoms with van der Waals surface area (Å²) in [7, 11) is 0. The summed E-state index contributed by atoms with van der Waals surface area (Å²) in [6.45, 7) is 10.3. The predicted molar refractivity (Wildman–Crippen MR) is 71.2 cm³/mol. The highest BCUT2D eigenvalue weighted by Gasteiger charge is 2.19. The first-order valence-corrected chi connectivity index (χ1v) is 6.97. The Kier molecular flexibility index (Phi) is 6.03. The Labute approximate surface area is 103 Å². The maximum Gasteiger partial charge on any atom is 0.0741 e. The van der Waals surface area contributed by atoms with Crippen molar-refractivity contribution in [2.24, 2.45) is 0 Å². The van der Waals surface area contributed by atoms with Crippen LogP contribution in [0.2, 0.25) is 0 Å². The SMILES string of the molecule is CCCNC(c1csc(C)c1)C(C)OCC. The lowest BCUT2D eigenvalue weighted by Crippen LogP contribution is -2.32. The maximum absolute atomic E-state index is 5.71. The molecule has 1 rings (SSSR count). The molecule has 0 amide bonds. The Balaban J connectivity index is 2.69. The molecule has 1 aromatic rings. The highest BCUT2D eigenvalue weighted by molar-refractivity contribution is 7.10. The number of nitrogens with one attached hydrogen (secondary N) is 1. The predicted octanol–water partition coefficient (Wildman–Crippen LogP) is 3.52.